The minimum absolute atomic E-state index is 0.170. The molecule has 3 aliphatic rings. The largest absolute Gasteiger partial charge is 0.379 e. The number of amides is 3. The lowest BCUT2D eigenvalue weighted by Gasteiger charge is -2.29. The molecule has 0 spiro atoms. The van der Waals surface area contributed by atoms with Crippen molar-refractivity contribution >= 4 is 23.5 Å². The lowest BCUT2D eigenvalue weighted by molar-refractivity contribution is -0.134. The number of rotatable bonds is 13. The minimum Gasteiger partial charge on any atom is -0.379 e. The van der Waals surface area contributed by atoms with Crippen molar-refractivity contribution in [3.8, 4) is 0 Å². The number of benzene rings is 1. The maximum absolute atomic E-state index is 13.7. The number of nitrogens with zero attached hydrogens (tertiary/aromatic N) is 1. The first kappa shape index (κ1) is 30.1. The number of morpholine rings is 1. The van der Waals surface area contributed by atoms with Gasteiger partial charge in [-0.3, -0.25) is 24.1 Å². The molecule has 2 heterocycles. The highest BCUT2D eigenvalue weighted by Crippen LogP contribution is 2.30. The van der Waals surface area contributed by atoms with Gasteiger partial charge in [-0.1, -0.05) is 62.4 Å². The number of nitrogens with one attached hydrogen (secondary N) is 3. The predicted octanol–water partition coefficient (Wildman–Crippen LogP) is 1.36. The number of epoxide rings is 1. The summed E-state index contributed by atoms with van der Waals surface area (Å²) in [6.07, 6.45) is 6.22. The van der Waals surface area contributed by atoms with Gasteiger partial charge in [0.15, 0.2) is 5.78 Å². The van der Waals surface area contributed by atoms with Crippen LogP contribution in [-0.2, 0) is 35.1 Å². The monoisotopic (exact) mass is 556 g/mol. The lowest BCUT2D eigenvalue weighted by Crippen LogP contribution is -2.57. The van der Waals surface area contributed by atoms with E-state index in [0.29, 0.717) is 51.7 Å². The summed E-state index contributed by atoms with van der Waals surface area (Å²) < 4.78 is 10.7. The number of Topliss-reactive ketones (excluding diaryl/α,β-unsaturated/α-hetero) is 1. The number of hydrogen-bond donors (Lipinski definition) is 3. The molecule has 3 N–H and O–H groups in total. The topological polar surface area (TPSA) is 129 Å². The van der Waals surface area contributed by atoms with Crippen LogP contribution in [-0.4, -0.2) is 91.6 Å². The van der Waals surface area contributed by atoms with Gasteiger partial charge in [0.2, 0.25) is 17.7 Å². The second-order valence-electron chi connectivity index (χ2n) is 11.6. The number of ketones is 1. The number of carbonyl (C=O) groups is 4. The molecule has 1 aromatic rings. The minimum atomic E-state index is -0.895. The Morgan fingerprint density at radius 1 is 0.950 bits per heavy atom. The summed E-state index contributed by atoms with van der Waals surface area (Å²) in [4.78, 5) is 54.7. The third kappa shape index (κ3) is 8.84. The summed E-state index contributed by atoms with van der Waals surface area (Å²) in [5.41, 5.74) is 0.0311. The summed E-state index contributed by atoms with van der Waals surface area (Å²) >= 11 is 0. The highest BCUT2D eigenvalue weighted by Gasteiger charge is 2.50. The van der Waals surface area contributed by atoms with Crippen molar-refractivity contribution in [1.29, 1.82) is 0 Å². The van der Waals surface area contributed by atoms with Crippen LogP contribution in [0.15, 0.2) is 30.3 Å². The summed E-state index contributed by atoms with van der Waals surface area (Å²) in [6, 6.07) is 7.14. The van der Waals surface area contributed by atoms with E-state index in [1.165, 1.54) is 6.42 Å². The quantitative estimate of drug-likeness (QED) is 0.313. The van der Waals surface area contributed by atoms with Crippen LogP contribution in [0.2, 0.25) is 0 Å². The SMILES string of the molecule is CC(NC(=O)CN1CCOCC1)C(=O)NC(CC1CCCCC1)C(=O)NC(Cc1ccccc1)C(=O)C1(C)CO1. The molecule has 4 atom stereocenters. The molecule has 0 bridgehead atoms. The van der Waals surface area contributed by atoms with Crippen LogP contribution in [0.1, 0.15) is 57.9 Å². The zero-order valence-electron chi connectivity index (χ0n) is 23.8. The lowest BCUT2D eigenvalue weighted by atomic mass is 9.84. The molecular formula is C30H44N4O6. The first-order valence-corrected chi connectivity index (χ1v) is 14.7. The predicted molar refractivity (Wildman–Crippen MR) is 149 cm³/mol. The molecule has 0 radical (unpaired) electrons. The fourth-order valence-electron chi connectivity index (χ4n) is 5.55. The van der Waals surface area contributed by atoms with Crippen molar-refractivity contribution in [2.45, 2.75) is 82.5 Å². The zero-order chi connectivity index (χ0) is 28.5. The van der Waals surface area contributed by atoms with Crippen LogP contribution in [0.4, 0.5) is 0 Å². The van der Waals surface area contributed by atoms with Crippen molar-refractivity contribution in [3.63, 3.8) is 0 Å². The van der Waals surface area contributed by atoms with E-state index in [4.69, 9.17) is 9.47 Å². The van der Waals surface area contributed by atoms with Crippen LogP contribution in [0.25, 0.3) is 0 Å². The van der Waals surface area contributed by atoms with E-state index in [0.717, 1.165) is 31.2 Å². The molecule has 0 aromatic heterocycles. The van der Waals surface area contributed by atoms with Crippen molar-refractivity contribution in [2.75, 3.05) is 39.5 Å². The molecular weight excluding hydrogens is 512 g/mol. The van der Waals surface area contributed by atoms with Gasteiger partial charge in [0.25, 0.3) is 0 Å². The maximum Gasteiger partial charge on any atom is 0.243 e. The Morgan fingerprint density at radius 2 is 1.60 bits per heavy atom. The van der Waals surface area contributed by atoms with Crippen LogP contribution >= 0.6 is 0 Å². The van der Waals surface area contributed by atoms with E-state index < -0.39 is 29.6 Å². The first-order valence-electron chi connectivity index (χ1n) is 14.7. The molecule has 40 heavy (non-hydrogen) atoms. The molecule has 4 unspecified atom stereocenters. The van der Waals surface area contributed by atoms with Crippen molar-refractivity contribution in [2.24, 2.45) is 5.92 Å². The molecule has 10 nitrogen and oxygen atoms in total. The normalized spacial score (nSPS) is 23.9. The van der Waals surface area contributed by atoms with Gasteiger partial charge in [-0.2, -0.15) is 0 Å². The third-order valence-corrected chi connectivity index (χ3v) is 8.18. The van der Waals surface area contributed by atoms with E-state index >= 15 is 0 Å². The fraction of sp³-hybridized carbons (Fsp3) is 0.667. The van der Waals surface area contributed by atoms with E-state index in [9.17, 15) is 19.2 Å². The molecule has 3 amide bonds. The Bertz CT molecular complexity index is 1020. The molecule has 2 saturated heterocycles. The molecule has 10 heteroatoms. The maximum atomic E-state index is 13.7. The van der Waals surface area contributed by atoms with Crippen molar-refractivity contribution in [3.05, 3.63) is 35.9 Å². The van der Waals surface area contributed by atoms with E-state index in [1.54, 1.807) is 13.8 Å². The average Bonchev–Trinajstić information content (AvgIpc) is 3.71. The summed E-state index contributed by atoms with van der Waals surface area (Å²) in [7, 11) is 0. The molecule has 1 aromatic carbocycles. The highest BCUT2D eigenvalue weighted by atomic mass is 16.6. The third-order valence-electron chi connectivity index (χ3n) is 8.18. The molecule has 1 aliphatic carbocycles. The molecule has 3 fully saturated rings. The molecule has 2 aliphatic heterocycles. The second kappa shape index (κ2) is 14.2. The Balaban J connectivity index is 1.41. The Morgan fingerprint density at radius 3 is 2.25 bits per heavy atom. The van der Waals surface area contributed by atoms with E-state index in [-0.39, 0.29) is 24.1 Å². The first-order chi connectivity index (χ1) is 19.2. The number of hydrogen-bond acceptors (Lipinski definition) is 7. The summed E-state index contributed by atoms with van der Waals surface area (Å²) in [5.74, 6) is -0.914. The van der Waals surface area contributed by atoms with Gasteiger partial charge in [-0.15, -0.1) is 0 Å². The van der Waals surface area contributed by atoms with E-state index in [1.807, 2.05) is 35.2 Å². The van der Waals surface area contributed by atoms with Crippen LogP contribution in [0.3, 0.4) is 0 Å². The molecule has 220 valence electrons. The van der Waals surface area contributed by atoms with E-state index in [2.05, 4.69) is 16.0 Å². The van der Waals surface area contributed by atoms with Gasteiger partial charge in [0.1, 0.15) is 17.7 Å². The van der Waals surface area contributed by atoms with Gasteiger partial charge in [-0.25, -0.2) is 0 Å². The molecule has 1 saturated carbocycles. The van der Waals surface area contributed by atoms with Crippen LogP contribution in [0.5, 0.6) is 0 Å². The Hall–Kier alpha value is -2.82. The van der Waals surface area contributed by atoms with Gasteiger partial charge >= 0.3 is 0 Å². The average molecular weight is 557 g/mol. The fourth-order valence-corrected chi connectivity index (χ4v) is 5.55. The Kier molecular flexibility index (Phi) is 10.7. The highest BCUT2D eigenvalue weighted by molar-refractivity contribution is 5.98. The van der Waals surface area contributed by atoms with Gasteiger partial charge in [0, 0.05) is 13.1 Å². The number of ether oxygens (including phenoxy) is 2. The Labute approximate surface area is 236 Å². The standard InChI is InChI=1S/C30H44N4O6/c1-21(31-26(35)19-34-13-15-39-16-14-34)28(37)33-25(18-23-11-7-4-8-12-23)29(38)32-24(27(36)30(2)20-40-30)17-22-9-5-3-6-10-22/h3,5-6,9-10,21,23-25H,4,7-8,11-20H2,1-2H3,(H,31,35)(H,32,38)(H,33,37). The van der Waals surface area contributed by atoms with Gasteiger partial charge in [-0.05, 0) is 38.2 Å². The van der Waals surface area contributed by atoms with Crippen molar-refractivity contribution < 1.29 is 28.7 Å². The van der Waals surface area contributed by atoms with Crippen molar-refractivity contribution in [1.82, 2.24) is 20.9 Å². The molecule has 4 rings (SSSR count). The summed E-state index contributed by atoms with van der Waals surface area (Å²) in [5, 5.41) is 8.60. The van der Waals surface area contributed by atoms with Crippen LogP contribution in [0, 0.1) is 5.92 Å². The smallest absolute Gasteiger partial charge is 0.243 e. The summed E-state index contributed by atoms with van der Waals surface area (Å²) in [6.45, 7) is 6.39. The van der Waals surface area contributed by atoms with Crippen LogP contribution < -0.4 is 16.0 Å². The number of carbonyl (C=O) groups excluding carboxylic acids is 4. The van der Waals surface area contributed by atoms with Gasteiger partial charge in [0.05, 0.1) is 32.4 Å². The zero-order valence-corrected chi connectivity index (χ0v) is 23.8. The second-order valence-corrected chi connectivity index (χ2v) is 11.6. The van der Waals surface area contributed by atoms with Gasteiger partial charge < -0.3 is 25.4 Å².